The molecule has 0 fully saturated rings. The van der Waals surface area contributed by atoms with Crippen molar-refractivity contribution in [2.24, 2.45) is 0 Å². The van der Waals surface area contributed by atoms with Gasteiger partial charge in [-0.15, -0.1) is 0 Å². The zero-order valence-corrected chi connectivity index (χ0v) is 12.5. The van der Waals surface area contributed by atoms with Crippen LogP contribution in [0.3, 0.4) is 0 Å². The fourth-order valence-corrected chi connectivity index (χ4v) is 2.80. The molecule has 5 heteroatoms. The van der Waals surface area contributed by atoms with Crippen molar-refractivity contribution in [2.45, 2.75) is 13.0 Å². The standard InChI is InChI=1S/C18H16N4O/c23-18(20-15-5-6-16-14(11-15)12-19-21-16)8-10-22-9-7-13-3-1-2-4-17(13)22/h1-7,9,11-12H,8,10H2,(H,19,21)(H,20,23). The number of H-pyrrole nitrogens is 1. The normalized spacial score (nSPS) is 11.1. The number of hydrogen-bond acceptors (Lipinski definition) is 2. The van der Waals surface area contributed by atoms with Gasteiger partial charge in [0.25, 0.3) is 0 Å². The Hall–Kier alpha value is -3.08. The minimum atomic E-state index is 0.00521. The molecule has 0 spiro atoms. The number of rotatable bonds is 4. The molecule has 0 bridgehead atoms. The summed E-state index contributed by atoms with van der Waals surface area (Å²) in [4.78, 5) is 12.2. The van der Waals surface area contributed by atoms with Gasteiger partial charge in [0.2, 0.25) is 5.91 Å². The smallest absolute Gasteiger partial charge is 0.226 e. The molecule has 2 aromatic carbocycles. The van der Waals surface area contributed by atoms with Gasteiger partial charge in [-0.1, -0.05) is 18.2 Å². The van der Waals surface area contributed by atoms with E-state index in [2.05, 4.69) is 38.3 Å². The molecule has 0 atom stereocenters. The summed E-state index contributed by atoms with van der Waals surface area (Å²) in [5.41, 5.74) is 2.91. The summed E-state index contributed by atoms with van der Waals surface area (Å²) >= 11 is 0. The summed E-state index contributed by atoms with van der Waals surface area (Å²) in [5, 5.41) is 12.0. The van der Waals surface area contributed by atoms with Crippen LogP contribution in [0.5, 0.6) is 0 Å². The van der Waals surface area contributed by atoms with Gasteiger partial charge in [0.1, 0.15) is 0 Å². The maximum absolute atomic E-state index is 12.2. The minimum Gasteiger partial charge on any atom is -0.347 e. The van der Waals surface area contributed by atoms with Gasteiger partial charge < -0.3 is 9.88 Å². The first-order valence-electron chi connectivity index (χ1n) is 7.56. The number of fused-ring (bicyclic) bond motifs is 2. The monoisotopic (exact) mass is 304 g/mol. The lowest BCUT2D eigenvalue weighted by molar-refractivity contribution is -0.116. The predicted molar refractivity (Wildman–Crippen MR) is 91.3 cm³/mol. The molecule has 2 heterocycles. The summed E-state index contributed by atoms with van der Waals surface area (Å²) < 4.78 is 2.11. The third-order valence-corrected chi connectivity index (χ3v) is 3.98. The summed E-state index contributed by atoms with van der Waals surface area (Å²) in [6.45, 7) is 0.660. The molecule has 0 radical (unpaired) electrons. The van der Waals surface area contributed by atoms with E-state index in [0.717, 1.165) is 22.1 Å². The number of nitrogens with zero attached hydrogens (tertiary/aromatic N) is 2. The number of nitrogens with one attached hydrogen (secondary N) is 2. The van der Waals surface area contributed by atoms with Crippen LogP contribution in [0.2, 0.25) is 0 Å². The number of anilines is 1. The maximum Gasteiger partial charge on any atom is 0.226 e. The van der Waals surface area contributed by atoms with Crippen LogP contribution in [0.4, 0.5) is 5.69 Å². The summed E-state index contributed by atoms with van der Waals surface area (Å²) in [6, 6.07) is 16.0. The van der Waals surface area contributed by atoms with Gasteiger partial charge >= 0.3 is 0 Å². The van der Waals surface area contributed by atoms with Gasteiger partial charge in [0.15, 0.2) is 0 Å². The molecule has 4 aromatic rings. The van der Waals surface area contributed by atoms with Crippen LogP contribution in [0.1, 0.15) is 6.42 Å². The van der Waals surface area contributed by atoms with Crippen molar-refractivity contribution in [3.63, 3.8) is 0 Å². The second-order valence-electron chi connectivity index (χ2n) is 5.54. The largest absolute Gasteiger partial charge is 0.347 e. The first kappa shape index (κ1) is 13.6. The highest BCUT2D eigenvalue weighted by Gasteiger charge is 2.06. The number of aryl methyl sites for hydroxylation is 1. The second kappa shape index (κ2) is 5.61. The Morgan fingerprint density at radius 3 is 3.00 bits per heavy atom. The number of aromatic amines is 1. The van der Waals surface area contributed by atoms with Gasteiger partial charge in [-0.2, -0.15) is 5.10 Å². The number of para-hydroxylation sites is 1. The fourth-order valence-electron chi connectivity index (χ4n) is 2.80. The third-order valence-electron chi connectivity index (χ3n) is 3.98. The highest BCUT2D eigenvalue weighted by molar-refractivity contribution is 5.93. The number of carbonyl (C=O) groups is 1. The molecule has 0 aliphatic carbocycles. The van der Waals surface area contributed by atoms with E-state index >= 15 is 0 Å². The SMILES string of the molecule is O=C(CCn1ccc2ccccc21)Nc1ccc2[nH]ncc2c1. The number of aromatic nitrogens is 3. The van der Waals surface area contributed by atoms with Crippen LogP contribution < -0.4 is 5.32 Å². The second-order valence-corrected chi connectivity index (χ2v) is 5.54. The van der Waals surface area contributed by atoms with Crippen LogP contribution in [0.15, 0.2) is 60.9 Å². The van der Waals surface area contributed by atoms with Gasteiger partial charge in [0.05, 0.1) is 11.7 Å². The number of hydrogen-bond donors (Lipinski definition) is 2. The lowest BCUT2D eigenvalue weighted by Crippen LogP contribution is -2.14. The van der Waals surface area contributed by atoms with Crippen molar-refractivity contribution in [3.8, 4) is 0 Å². The Morgan fingerprint density at radius 2 is 2.04 bits per heavy atom. The zero-order chi connectivity index (χ0) is 15.6. The van der Waals surface area contributed by atoms with E-state index in [9.17, 15) is 4.79 Å². The topological polar surface area (TPSA) is 62.7 Å². The Kier molecular flexibility index (Phi) is 3.31. The number of carbonyl (C=O) groups excluding carboxylic acids is 1. The van der Waals surface area contributed by atoms with Crippen molar-refractivity contribution in [3.05, 3.63) is 60.9 Å². The Labute approximate surface area is 132 Å². The predicted octanol–water partition coefficient (Wildman–Crippen LogP) is 3.55. The third kappa shape index (κ3) is 2.68. The highest BCUT2D eigenvalue weighted by atomic mass is 16.1. The molecular weight excluding hydrogens is 288 g/mol. The van der Waals surface area contributed by atoms with Gasteiger partial charge in [-0.3, -0.25) is 9.89 Å². The average Bonchev–Trinajstić information content (AvgIpc) is 3.19. The van der Waals surface area contributed by atoms with E-state index in [4.69, 9.17) is 0 Å². The van der Waals surface area contributed by atoms with Gasteiger partial charge in [0, 0.05) is 35.8 Å². The highest BCUT2D eigenvalue weighted by Crippen LogP contribution is 2.18. The molecule has 5 nitrogen and oxygen atoms in total. The van der Waals surface area contributed by atoms with Crippen molar-refractivity contribution in [1.82, 2.24) is 14.8 Å². The Balaban J connectivity index is 1.43. The average molecular weight is 304 g/mol. The Morgan fingerprint density at radius 1 is 1.13 bits per heavy atom. The maximum atomic E-state index is 12.2. The summed E-state index contributed by atoms with van der Waals surface area (Å²) in [7, 11) is 0. The van der Waals surface area contributed by atoms with Crippen LogP contribution in [-0.2, 0) is 11.3 Å². The van der Waals surface area contributed by atoms with Crippen LogP contribution in [-0.4, -0.2) is 20.7 Å². The number of amides is 1. The first-order valence-corrected chi connectivity index (χ1v) is 7.56. The quantitative estimate of drug-likeness (QED) is 0.605. The van der Waals surface area contributed by atoms with E-state index in [-0.39, 0.29) is 5.91 Å². The van der Waals surface area contributed by atoms with Crippen molar-refractivity contribution in [2.75, 3.05) is 5.32 Å². The van der Waals surface area contributed by atoms with Crippen LogP contribution >= 0.6 is 0 Å². The van der Waals surface area contributed by atoms with E-state index in [1.165, 1.54) is 5.39 Å². The van der Waals surface area contributed by atoms with Crippen LogP contribution in [0.25, 0.3) is 21.8 Å². The molecule has 0 aliphatic rings. The Bertz CT molecular complexity index is 983. The minimum absolute atomic E-state index is 0.00521. The molecule has 0 saturated carbocycles. The number of benzene rings is 2. The molecule has 0 unspecified atom stereocenters. The molecule has 1 amide bonds. The molecule has 0 aliphatic heterocycles. The van der Waals surface area contributed by atoms with E-state index < -0.39 is 0 Å². The van der Waals surface area contributed by atoms with E-state index in [1.54, 1.807) is 6.20 Å². The van der Waals surface area contributed by atoms with E-state index in [1.807, 2.05) is 36.5 Å². The molecular formula is C18H16N4O. The molecule has 0 saturated heterocycles. The first-order chi connectivity index (χ1) is 11.3. The molecule has 4 rings (SSSR count). The molecule has 23 heavy (non-hydrogen) atoms. The zero-order valence-electron chi connectivity index (χ0n) is 12.5. The van der Waals surface area contributed by atoms with Crippen molar-refractivity contribution in [1.29, 1.82) is 0 Å². The summed E-state index contributed by atoms with van der Waals surface area (Å²) in [5.74, 6) is 0.00521. The van der Waals surface area contributed by atoms with Crippen LogP contribution in [0, 0.1) is 0 Å². The molecule has 114 valence electrons. The van der Waals surface area contributed by atoms with Crippen molar-refractivity contribution < 1.29 is 4.79 Å². The molecule has 2 aromatic heterocycles. The van der Waals surface area contributed by atoms with E-state index in [0.29, 0.717) is 13.0 Å². The lowest BCUT2D eigenvalue weighted by Gasteiger charge is -2.07. The fraction of sp³-hybridized carbons (Fsp3) is 0.111. The van der Waals surface area contributed by atoms with Gasteiger partial charge in [-0.05, 0) is 35.7 Å². The van der Waals surface area contributed by atoms with Gasteiger partial charge in [-0.25, -0.2) is 0 Å². The summed E-state index contributed by atoms with van der Waals surface area (Å²) in [6.07, 6.45) is 4.20. The lowest BCUT2D eigenvalue weighted by atomic mass is 10.2. The van der Waals surface area contributed by atoms with Crippen molar-refractivity contribution >= 4 is 33.4 Å². The molecule has 2 N–H and O–H groups in total.